The van der Waals surface area contributed by atoms with E-state index in [-0.39, 0.29) is 6.61 Å². The van der Waals surface area contributed by atoms with Gasteiger partial charge in [0.05, 0.1) is 0 Å². The lowest BCUT2D eigenvalue weighted by Gasteiger charge is -2.39. The number of hydrogen-bond donors (Lipinski definition) is 1. The van der Waals surface area contributed by atoms with Crippen molar-refractivity contribution >= 4 is 5.69 Å². The Bertz CT molecular complexity index is 342. The highest BCUT2D eigenvalue weighted by molar-refractivity contribution is 5.46. The van der Waals surface area contributed by atoms with Crippen molar-refractivity contribution in [2.45, 2.75) is 31.7 Å². The topological polar surface area (TPSA) is 36.4 Å². The lowest BCUT2D eigenvalue weighted by molar-refractivity contribution is 0.283. The van der Waals surface area contributed by atoms with Gasteiger partial charge in [-0.15, -0.1) is 0 Å². The molecule has 0 radical (unpaired) electrons. The van der Waals surface area contributed by atoms with Gasteiger partial charge in [0.15, 0.2) is 0 Å². The second-order valence-electron chi connectivity index (χ2n) is 4.19. The molecule has 3 nitrogen and oxygen atoms in total. The van der Waals surface area contributed by atoms with Crippen LogP contribution in [0.25, 0.3) is 0 Å². The molecule has 1 heterocycles. The van der Waals surface area contributed by atoms with Gasteiger partial charge in [-0.2, -0.15) is 4.39 Å². The van der Waals surface area contributed by atoms with Gasteiger partial charge in [-0.3, -0.25) is 0 Å². The smallest absolute Gasteiger partial charge is 0.214 e. The highest BCUT2D eigenvalue weighted by atomic mass is 19.1. The molecule has 1 aromatic heterocycles. The zero-order chi connectivity index (χ0) is 11.4. The maximum Gasteiger partial charge on any atom is 0.214 e. The van der Waals surface area contributed by atoms with Crippen LogP contribution in [0.4, 0.5) is 10.1 Å². The first-order valence-electron chi connectivity index (χ1n) is 5.80. The van der Waals surface area contributed by atoms with Crippen LogP contribution in [0, 0.1) is 5.95 Å². The first-order chi connectivity index (χ1) is 7.81. The largest absolute Gasteiger partial charge is 0.396 e. The molecule has 4 heteroatoms. The van der Waals surface area contributed by atoms with Crippen LogP contribution in [0.15, 0.2) is 18.3 Å². The molecule has 0 aliphatic heterocycles. The van der Waals surface area contributed by atoms with E-state index in [0.717, 1.165) is 31.5 Å². The molecular formula is C12H17FN2O. The average molecular weight is 224 g/mol. The summed E-state index contributed by atoms with van der Waals surface area (Å²) in [4.78, 5) is 5.75. The minimum atomic E-state index is -0.439. The van der Waals surface area contributed by atoms with Crippen LogP contribution in [-0.2, 0) is 0 Å². The van der Waals surface area contributed by atoms with E-state index in [4.69, 9.17) is 5.11 Å². The molecule has 16 heavy (non-hydrogen) atoms. The Morgan fingerprint density at radius 3 is 2.88 bits per heavy atom. The number of pyridine rings is 1. The Hall–Kier alpha value is -1.16. The zero-order valence-electron chi connectivity index (χ0n) is 9.27. The fourth-order valence-electron chi connectivity index (χ4n) is 2.03. The summed E-state index contributed by atoms with van der Waals surface area (Å²) in [5, 5.41) is 8.88. The highest BCUT2D eigenvalue weighted by Gasteiger charge is 2.24. The molecule has 0 aromatic carbocycles. The van der Waals surface area contributed by atoms with Crippen molar-refractivity contribution in [1.82, 2.24) is 4.98 Å². The van der Waals surface area contributed by atoms with Crippen LogP contribution in [-0.4, -0.2) is 29.3 Å². The molecule has 1 aromatic rings. The third-order valence-electron chi connectivity index (χ3n) is 3.11. The van der Waals surface area contributed by atoms with Gasteiger partial charge in [0, 0.05) is 37.1 Å². The number of rotatable bonds is 5. The highest BCUT2D eigenvalue weighted by Crippen LogP contribution is 2.29. The maximum atomic E-state index is 13.0. The summed E-state index contributed by atoms with van der Waals surface area (Å²) in [6.45, 7) is 0.960. The van der Waals surface area contributed by atoms with Gasteiger partial charge in [-0.1, -0.05) is 0 Å². The van der Waals surface area contributed by atoms with Crippen molar-refractivity contribution in [2.24, 2.45) is 0 Å². The first kappa shape index (κ1) is 11.3. The molecule has 0 amide bonds. The molecule has 1 saturated carbocycles. The number of halogens is 1. The van der Waals surface area contributed by atoms with Crippen molar-refractivity contribution in [3.05, 3.63) is 24.3 Å². The minimum absolute atomic E-state index is 0.177. The van der Waals surface area contributed by atoms with Gasteiger partial charge in [-0.25, -0.2) is 4.98 Å². The molecule has 0 saturated heterocycles. The molecule has 1 fully saturated rings. The molecule has 0 atom stereocenters. The minimum Gasteiger partial charge on any atom is -0.396 e. The Labute approximate surface area is 94.9 Å². The van der Waals surface area contributed by atoms with E-state index in [1.165, 1.54) is 18.7 Å². The number of anilines is 1. The van der Waals surface area contributed by atoms with Gasteiger partial charge in [0.25, 0.3) is 0 Å². The summed E-state index contributed by atoms with van der Waals surface area (Å²) in [6.07, 6.45) is 5.79. The molecule has 88 valence electrons. The molecule has 0 spiro atoms. The summed E-state index contributed by atoms with van der Waals surface area (Å²) < 4.78 is 13.0. The SMILES string of the molecule is OCCCN(c1ccnc(F)c1)C1CCC1. The van der Waals surface area contributed by atoms with Gasteiger partial charge >= 0.3 is 0 Å². The van der Waals surface area contributed by atoms with Gasteiger partial charge in [-0.05, 0) is 31.7 Å². The Morgan fingerprint density at radius 2 is 2.31 bits per heavy atom. The van der Waals surface area contributed by atoms with Crippen molar-refractivity contribution in [3.8, 4) is 0 Å². The molecule has 1 aliphatic rings. The van der Waals surface area contributed by atoms with Crippen LogP contribution in [0.3, 0.4) is 0 Å². The Balaban J connectivity index is 2.10. The number of aromatic nitrogens is 1. The number of aliphatic hydroxyl groups is 1. The maximum absolute atomic E-state index is 13.0. The predicted octanol–water partition coefficient (Wildman–Crippen LogP) is 1.96. The van der Waals surface area contributed by atoms with E-state index in [2.05, 4.69) is 9.88 Å². The van der Waals surface area contributed by atoms with Crippen molar-refractivity contribution in [1.29, 1.82) is 0 Å². The van der Waals surface area contributed by atoms with Crippen molar-refractivity contribution in [2.75, 3.05) is 18.1 Å². The number of aliphatic hydroxyl groups excluding tert-OH is 1. The van der Waals surface area contributed by atoms with Gasteiger partial charge in [0.2, 0.25) is 5.95 Å². The van der Waals surface area contributed by atoms with E-state index in [1.54, 1.807) is 0 Å². The Morgan fingerprint density at radius 1 is 1.50 bits per heavy atom. The average Bonchev–Trinajstić information content (AvgIpc) is 2.21. The second kappa shape index (κ2) is 5.25. The van der Waals surface area contributed by atoms with Gasteiger partial charge < -0.3 is 10.0 Å². The van der Waals surface area contributed by atoms with Crippen molar-refractivity contribution < 1.29 is 9.50 Å². The first-order valence-corrected chi connectivity index (χ1v) is 5.80. The van der Waals surface area contributed by atoms with Crippen LogP contribution < -0.4 is 4.90 Å². The molecule has 1 aliphatic carbocycles. The van der Waals surface area contributed by atoms with Gasteiger partial charge in [0.1, 0.15) is 0 Å². The van der Waals surface area contributed by atoms with Crippen LogP contribution in [0.5, 0.6) is 0 Å². The van der Waals surface area contributed by atoms with Crippen LogP contribution in [0.1, 0.15) is 25.7 Å². The molecule has 0 unspecified atom stereocenters. The molecule has 2 rings (SSSR count). The third kappa shape index (κ3) is 2.50. The second-order valence-corrected chi connectivity index (χ2v) is 4.19. The third-order valence-corrected chi connectivity index (χ3v) is 3.11. The fourth-order valence-corrected chi connectivity index (χ4v) is 2.03. The van der Waals surface area contributed by atoms with Crippen LogP contribution >= 0.6 is 0 Å². The van der Waals surface area contributed by atoms with E-state index < -0.39 is 5.95 Å². The van der Waals surface area contributed by atoms with E-state index in [0.29, 0.717) is 6.04 Å². The quantitative estimate of drug-likeness (QED) is 0.777. The monoisotopic (exact) mass is 224 g/mol. The molecular weight excluding hydrogens is 207 g/mol. The summed E-state index contributed by atoms with van der Waals surface area (Å²) >= 11 is 0. The fraction of sp³-hybridized carbons (Fsp3) is 0.583. The number of hydrogen-bond acceptors (Lipinski definition) is 3. The van der Waals surface area contributed by atoms with Crippen molar-refractivity contribution in [3.63, 3.8) is 0 Å². The molecule has 0 bridgehead atoms. The van der Waals surface area contributed by atoms with Crippen LogP contribution in [0.2, 0.25) is 0 Å². The summed E-state index contributed by atoms with van der Waals surface area (Å²) in [7, 11) is 0. The Kier molecular flexibility index (Phi) is 3.72. The summed E-state index contributed by atoms with van der Waals surface area (Å²) in [5.74, 6) is -0.439. The zero-order valence-corrected chi connectivity index (χ0v) is 9.27. The lowest BCUT2D eigenvalue weighted by atomic mass is 9.91. The predicted molar refractivity (Wildman–Crippen MR) is 60.9 cm³/mol. The standard InChI is InChI=1S/C12H17FN2O/c13-12-9-11(5-6-14-12)15(7-2-8-16)10-3-1-4-10/h5-6,9-10,16H,1-4,7-8H2. The lowest BCUT2D eigenvalue weighted by Crippen LogP contribution is -2.41. The molecule has 1 N–H and O–H groups in total. The summed E-state index contributed by atoms with van der Waals surface area (Å²) in [6, 6.07) is 3.81. The van der Waals surface area contributed by atoms with E-state index in [1.807, 2.05) is 6.07 Å². The summed E-state index contributed by atoms with van der Waals surface area (Å²) in [5.41, 5.74) is 0.880. The van der Waals surface area contributed by atoms with E-state index >= 15 is 0 Å². The normalized spacial score (nSPS) is 15.9. The number of nitrogens with zero attached hydrogens (tertiary/aromatic N) is 2. The van der Waals surface area contributed by atoms with E-state index in [9.17, 15) is 4.39 Å².